The number of hydrogen-bond donors (Lipinski definition) is 2. The first kappa shape index (κ1) is 27.4. The molecule has 1 heterocycles. The fourth-order valence-corrected chi connectivity index (χ4v) is 3.60. The Labute approximate surface area is 215 Å². The van der Waals surface area contributed by atoms with Gasteiger partial charge in [0.1, 0.15) is 11.4 Å². The maximum Gasteiger partial charge on any atom is 0.354 e. The van der Waals surface area contributed by atoms with E-state index < -0.39 is 23.9 Å². The highest BCUT2D eigenvalue weighted by Gasteiger charge is 2.28. The average molecular weight is 510 g/mol. The molecule has 10 heteroatoms. The summed E-state index contributed by atoms with van der Waals surface area (Å²) in [5.74, 6) is -2.04. The van der Waals surface area contributed by atoms with Gasteiger partial charge >= 0.3 is 11.9 Å². The molecule has 1 atom stereocenters. The highest BCUT2D eigenvalue weighted by Crippen LogP contribution is 2.16. The monoisotopic (exact) mass is 509 g/mol. The summed E-state index contributed by atoms with van der Waals surface area (Å²) in [4.78, 5) is 38.9. The molecule has 2 N–H and O–H groups in total. The number of nitrogens with zero attached hydrogens (tertiary/aromatic N) is 3. The zero-order valence-corrected chi connectivity index (χ0v) is 20.9. The molecular formula is C27H31N3O7. The van der Waals surface area contributed by atoms with Crippen molar-refractivity contribution in [2.45, 2.75) is 39.0 Å². The third-order valence-electron chi connectivity index (χ3n) is 5.62. The van der Waals surface area contributed by atoms with Crippen LogP contribution in [0.25, 0.3) is 0 Å². The number of benzene rings is 2. The molecule has 0 spiro atoms. The molecular weight excluding hydrogens is 478 g/mol. The Morgan fingerprint density at radius 1 is 1.05 bits per heavy atom. The van der Waals surface area contributed by atoms with Crippen molar-refractivity contribution in [3.05, 3.63) is 83.2 Å². The normalized spacial score (nSPS) is 11.5. The molecule has 0 aliphatic rings. The first-order valence-electron chi connectivity index (χ1n) is 11.9. The molecule has 0 aliphatic carbocycles. The molecule has 0 radical (unpaired) electrons. The van der Waals surface area contributed by atoms with Crippen LogP contribution >= 0.6 is 0 Å². The number of aromatic nitrogens is 2. The average Bonchev–Trinajstić information content (AvgIpc) is 3.33. The van der Waals surface area contributed by atoms with Gasteiger partial charge in [0, 0.05) is 12.6 Å². The second-order valence-electron chi connectivity index (χ2n) is 8.43. The van der Waals surface area contributed by atoms with Crippen LogP contribution in [0.1, 0.15) is 51.9 Å². The number of carbonyl (C=O) groups is 3. The third-order valence-corrected chi connectivity index (χ3v) is 5.62. The molecule has 0 bridgehead atoms. The number of aliphatic hydroxyl groups excluding tert-OH is 1. The van der Waals surface area contributed by atoms with Gasteiger partial charge in [0.2, 0.25) is 0 Å². The summed E-state index contributed by atoms with van der Waals surface area (Å²) in [6.07, 6.45) is -0.0771. The van der Waals surface area contributed by atoms with Gasteiger partial charge in [0.15, 0.2) is 11.8 Å². The van der Waals surface area contributed by atoms with Crippen molar-refractivity contribution in [3.8, 4) is 5.75 Å². The minimum atomic E-state index is -1.56. The van der Waals surface area contributed by atoms with Crippen LogP contribution in [0.5, 0.6) is 5.75 Å². The van der Waals surface area contributed by atoms with Crippen LogP contribution in [0, 0.1) is 0 Å². The Morgan fingerprint density at radius 2 is 1.76 bits per heavy atom. The Hall–Kier alpha value is -4.18. The number of carboxylic acids is 1. The van der Waals surface area contributed by atoms with E-state index in [1.807, 2.05) is 13.0 Å². The number of esters is 1. The second kappa shape index (κ2) is 13.2. The van der Waals surface area contributed by atoms with E-state index in [1.165, 1.54) is 15.6 Å². The van der Waals surface area contributed by atoms with Crippen molar-refractivity contribution < 1.29 is 34.1 Å². The summed E-state index contributed by atoms with van der Waals surface area (Å²) in [6.45, 7) is 1.98. The molecule has 196 valence electrons. The predicted molar refractivity (Wildman–Crippen MR) is 134 cm³/mol. The van der Waals surface area contributed by atoms with E-state index in [0.717, 1.165) is 17.5 Å². The van der Waals surface area contributed by atoms with E-state index in [0.29, 0.717) is 12.2 Å². The highest BCUT2D eigenvalue weighted by atomic mass is 16.5. The summed E-state index contributed by atoms with van der Waals surface area (Å²) in [6, 6.07) is 17.3. The van der Waals surface area contributed by atoms with Crippen molar-refractivity contribution in [1.82, 2.24) is 14.7 Å². The Morgan fingerprint density at radius 3 is 2.38 bits per heavy atom. The van der Waals surface area contributed by atoms with Crippen LogP contribution in [0.4, 0.5) is 0 Å². The van der Waals surface area contributed by atoms with Gasteiger partial charge in [0.05, 0.1) is 26.8 Å². The summed E-state index contributed by atoms with van der Waals surface area (Å²) >= 11 is 0. The molecule has 0 saturated heterocycles. The van der Waals surface area contributed by atoms with Crippen LogP contribution in [0.15, 0.2) is 60.7 Å². The van der Waals surface area contributed by atoms with Gasteiger partial charge in [-0.05, 0) is 29.7 Å². The van der Waals surface area contributed by atoms with Crippen molar-refractivity contribution in [1.29, 1.82) is 0 Å². The summed E-state index contributed by atoms with van der Waals surface area (Å²) in [5, 5.41) is 24.4. The lowest BCUT2D eigenvalue weighted by Gasteiger charge is -2.24. The maximum atomic E-state index is 13.5. The Bertz CT molecular complexity index is 1190. The number of carboxylic acid groups (broad SMARTS) is 1. The molecule has 1 amide bonds. The molecule has 0 unspecified atom stereocenters. The molecule has 37 heavy (non-hydrogen) atoms. The Kier molecular flexibility index (Phi) is 9.79. The molecule has 10 nitrogen and oxygen atoms in total. The lowest BCUT2D eigenvalue weighted by molar-refractivity contribution is -0.154. The van der Waals surface area contributed by atoms with Crippen molar-refractivity contribution in [2.75, 3.05) is 20.3 Å². The lowest BCUT2D eigenvalue weighted by atomic mass is 10.2. The van der Waals surface area contributed by atoms with Crippen LogP contribution in [-0.4, -0.2) is 69.1 Å². The zero-order valence-electron chi connectivity index (χ0n) is 20.9. The molecule has 0 aliphatic heterocycles. The molecule has 0 fully saturated rings. The number of amides is 1. The maximum absolute atomic E-state index is 13.5. The number of unbranched alkanes of at least 4 members (excludes halogenated alkanes) is 1. The van der Waals surface area contributed by atoms with Crippen LogP contribution < -0.4 is 4.74 Å². The lowest BCUT2D eigenvalue weighted by Crippen LogP contribution is -2.41. The molecule has 2 aromatic carbocycles. The largest absolute Gasteiger partial charge is 0.497 e. The van der Waals surface area contributed by atoms with E-state index in [2.05, 4.69) is 5.10 Å². The molecule has 1 aromatic heterocycles. The SMILES string of the molecule is CCCCOC(=O)[C@H](O)CN(Cc1ccccc1)C(=O)c1cc(C(=O)O)n(Cc2ccc(OC)cc2)n1. The first-order chi connectivity index (χ1) is 17.8. The van der Waals surface area contributed by atoms with Gasteiger partial charge in [-0.2, -0.15) is 5.10 Å². The predicted octanol–water partition coefficient (Wildman–Crippen LogP) is 2.98. The minimum Gasteiger partial charge on any atom is -0.497 e. The van der Waals surface area contributed by atoms with E-state index in [9.17, 15) is 24.6 Å². The Balaban J connectivity index is 1.85. The fourth-order valence-electron chi connectivity index (χ4n) is 3.60. The fraction of sp³-hybridized carbons (Fsp3) is 0.333. The van der Waals surface area contributed by atoms with E-state index in [1.54, 1.807) is 55.6 Å². The smallest absolute Gasteiger partial charge is 0.354 e. The van der Waals surface area contributed by atoms with E-state index in [-0.39, 0.29) is 37.6 Å². The van der Waals surface area contributed by atoms with Gasteiger partial charge < -0.3 is 24.6 Å². The van der Waals surface area contributed by atoms with Gasteiger partial charge in [-0.25, -0.2) is 9.59 Å². The number of hydrogen-bond acceptors (Lipinski definition) is 7. The summed E-state index contributed by atoms with van der Waals surface area (Å²) in [5.41, 5.74) is 1.24. The standard InChI is InChI=1S/C27H31N3O7/c1-3-4-14-37-27(35)24(31)18-29(16-19-8-6-5-7-9-19)25(32)22-15-23(26(33)34)30(28-22)17-20-10-12-21(36-2)13-11-20/h5-13,15,24,31H,3-4,14,16-18H2,1-2H3,(H,33,34)/t24-/m1/s1. The second-order valence-corrected chi connectivity index (χ2v) is 8.43. The molecule has 0 saturated carbocycles. The number of ether oxygens (including phenoxy) is 2. The number of rotatable bonds is 13. The number of carbonyl (C=O) groups excluding carboxylic acids is 2. The molecule has 3 rings (SSSR count). The number of aromatic carboxylic acids is 1. The highest BCUT2D eigenvalue weighted by molar-refractivity contribution is 5.95. The topological polar surface area (TPSA) is 131 Å². The zero-order chi connectivity index (χ0) is 26.8. The van der Waals surface area contributed by atoms with Crippen molar-refractivity contribution in [2.24, 2.45) is 0 Å². The van der Waals surface area contributed by atoms with Crippen molar-refractivity contribution >= 4 is 17.8 Å². The minimum absolute atomic E-state index is 0.0761. The van der Waals surface area contributed by atoms with Crippen LogP contribution in [-0.2, 0) is 22.6 Å². The molecule has 3 aromatic rings. The van der Waals surface area contributed by atoms with E-state index >= 15 is 0 Å². The first-order valence-corrected chi connectivity index (χ1v) is 11.9. The van der Waals surface area contributed by atoms with Crippen molar-refractivity contribution in [3.63, 3.8) is 0 Å². The van der Waals surface area contributed by atoms with Crippen LogP contribution in [0.2, 0.25) is 0 Å². The number of methoxy groups -OCH3 is 1. The van der Waals surface area contributed by atoms with Crippen LogP contribution in [0.3, 0.4) is 0 Å². The summed E-state index contributed by atoms with van der Waals surface area (Å²) in [7, 11) is 1.55. The number of aliphatic hydroxyl groups is 1. The van der Waals surface area contributed by atoms with E-state index in [4.69, 9.17) is 9.47 Å². The van der Waals surface area contributed by atoms with Gasteiger partial charge in [-0.15, -0.1) is 0 Å². The third kappa shape index (κ3) is 7.65. The van der Waals surface area contributed by atoms with Gasteiger partial charge in [-0.1, -0.05) is 55.8 Å². The quantitative estimate of drug-likeness (QED) is 0.266. The van der Waals surface area contributed by atoms with Gasteiger partial charge in [0.25, 0.3) is 5.91 Å². The summed E-state index contributed by atoms with van der Waals surface area (Å²) < 4.78 is 11.5. The van der Waals surface area contributed by atoms with Gasteiger partial charge in [-0.3, -0.25) is 9.48 Å².